The third-order valence-corrected chi connectivity index (χ3v) is 2.87. The average molecular weight is 223 g/mol. The zero-order valence-electron chi connectivity index (χ0n) is 8.50. The lowest BCUT2D eigenvalue weighted by molar-refractivity contribution is 0.0724. The Kier molecular flexibility index (Phi) is 3.27. The second kappa shape index (κ2) is 4.67. The van der Waals surface area contributed by atoms with E-state index in [9.17, 15) is 4.79 Å². The fraction of sp³-hybridized carbons (Fsp3) is 0.417. The number of piperidine rings is 1. The van der Waals surface area contributed by atoms with Gasteiger partial charge in [-0.05, 0) is 37.5 Å². The van der Waals surface area contributed by atoms with Gasteiger partial charge < -0.3 is 4.90 Å². The van der Waals surface area contributed by atoms with Crippen LogP contribution in [0.5, 0.6) is 0 Å². The molecule has 1 amide bonds. The molecule has 1 heterocycles. The molecular weight excluding hydrogens is 210 g/mol. The first kappa shape index (κ1) is 10.5. The molecule has 0 saturated carbocycles. The minimum atomic E-state index is 0.0530. The molecule has 2 nitrogen and oxygen atoms in total. The number of carbonyl (C=O) groups excluding carboxylic acids is 1. The maximum atomic E-state index is 12.0. The minimum absolute atomic E-state index is 0.0530. The van der Waals surface area contributed by atoms with Gasteiger partial charge in [-0.2, -0.15) is 0 Å². The van der Waals surface area contributed by atoms with Crippen LogP contribution in [0, 0.1) is 6.07 Å². The van der Waals surface area contributed by atoms with Gasteiger partial charge in [0, 0.05) is 23.7 Å². The van der Waals surface area contributed by atoms with Crippen LogP contribution in [0.1, 0.15) is 29.6 Å². The van der Waals surface area contributed by atoms with Crippen LogP contribution in [0.3, 0.4) is 0 Å². The molecule has 1 aromatic rings. The van der Waals surface area contributed by atoms with Crippen molar-refractivity contribution in [2.45, 2.75) is 19.3 Å². The van der Waals surface area contributed by atoms with E-state index in [1.165, 1.54) is 6.42 Å². The number of carbonyl (C=O) groups is 1. The molecule has 0 spiro atoms. The maximum Gasteiger partial charge on any atom is 0.254 e. The molecule has 0 N–H and O–H groups in total. The van der Waals surface area contributed by atoms with Gasteiger partial charge in [0.05, 0.1) is 0 Å². The first-order valence-electron chi connectivity index (χ1n) is 5.24. The molecule has 15 heavy (non-hydrogen) atoms. The van der Waals surface area contributed by atoms with E-state index in [2.05, 4.69) is 6.07 Å². The van der Waals surface area contributed by atoms with Crippen LogP contribution in [-0.4, -0.2) is 23.9 Å². The highest BCUT2D eigenvalue weighted by atomic mass is 35.5. The molecule has 0 aliphatic carbocycles. The van der Waals surface area contributed by atoms with Gasteiger partial charge in [-0.1, -0.05) is 17.7 Å². The van der Waals surface area contributed by atoms with Gasteiger partial charge in [0.2, 0.25) is 0 Å². The Morgan fingerprint density at radius 3 is 2.73 bits per heavy atom. The number of hydrogen-bond acceptors (Lipinski definition) is 1. The Bertz CT molecular complexity index is 358. The number of benzene rings is 1. The summed E-state index contributed by atoms with van der Waals surface area (Å²) in [6, 6.07) is 8.03. The molecule has 2 rings (SSSR count). The van der Waals surface area contributed by atoms with Crippen molar-refractivity contribution in [2.24, 2.45) is 0 Å². The van der Waals surface area contributed by atoms with E-state index in [1.54, 1.807) is 18.2 Å². The molecule has 0 atom stereocenters. The van der Waals surface area contributed by atoms with E-state index >= 15 is 0 Å². The first-order valence-corrected chi connectivity index (χ1v) is 5.62. The lowest BCUT2D eigenvalue weighted by Gasteiger charge is -2.26. The third-order valence-electron chi connectivity index (χ3n) is 2.64. The molecule has 1 saturated heterocycles. The highest BCUT2D eigenvalue weighted by Crippen LogP contribution is 2.15. The smallest absolute Gasteiger partial charge is 0.254 e. The van der Waals surface area contributed by atoms with Gasteiger partial charge in [-0.15, -0.1) is 0 Å². The monoisotopic (exact) mass is 222 g/mol. The molecule has 1 fully saturated rings. The summed E-state index contributed by atoms with van der Waals surface area (Å²) in [5, 5.41) is 0.592. The molecule has 79 valence electrons. The Morgan fingerprint density at radius 2 is 2.07 bits per heavy atom. The number of amides is 1. The molecule has 0 unspecified atom stereocenters. The highest BCUT2D eigenvalue weighted by molar-refractivity contribution is 6.30. The summed E-state index contributed by atoms with van der Waals surface area (Å²) in [6.07, 6.45) is 3.43. The first-order chi connectivity index (χ1) is 7.27. The topological polar surface area (TPSA) is 20.3 Å². The van der Waals surface area contributed by atoms with Gasteiger partial charge >= 0.3 is 0 Å². The van der Waals surface area contributed by atoms with Crippen LogP contribution in [0.25, 0.3) is 0 Å². The predicted octanol–water partition coefficient (Wildman–Crippen LogP) is 2.77. The van der Waals surface area contributed by atoms with Gasteiger partial charge in [-0.25, -0.2) is 0 Å². The van der Waals surface area contributed by atoms with Crippen molar-refractivity contribution < 1.29 is 4.79 Å². The largest absolute Gasteiger partial charge is 0.339 e. The van der Waals surface area contributed by atoms with Crippen molar-refractivity contribution in [1.29, 1.82) is 0 Å². The van der Waals surface area contributed by atoms with E-state index in [-0.39, 0.29) is 5.91 Å². The summed E-state index contributed by atoms with van der Waals surface area (Å²) in [7, 11) is 0. The van der Waals surface area contributed by atoms with Crippen LogP contribution in [0.2, 0.25) is 5.02 Å². The molecule has 3 heteroatoms. The highest BCUT2D eigenvalue weighted by Gasteiger charge is 2.18. The average Bonchev–Trinajstić information content (AvgIpc) is 2.29. The van der Waals surface area contributed by atoms with Crippen LogP contribution in [0.4, 0.5) is 0 Å². The summed E-state index contributed by atoms with van der Waals surface area (Å²) in [5.41, 5.74) is 0.574. The van der Waals surface area contributed by atoms with Gasteiger partial charge in [-0.3, -0.25) is 4.79 Å². The summed E-state index contributed by atoms with van der Waals surface area (Å²) < 4.78 is 0. The van der Waals surface area contributed by atoms with E-state index < -0.39 is 0 Å². The van der Waals surface area contributed by atoms with Crippen molar-refractivity contribution in [3.63, 3.8) is 0 Å². The second-order valence-electron chi connectivity index (χ2n) is 3.77. The summed E-state index contributed by atoms with van der Waals surface area (Å²) in [6.45, 7) is 1.72. The van der Waals surface area contributed by atoms with Crippen LogP contribution >= 0.6 is 11.6 Å². The lowest BCUT2D eigenvalue weighted by atomic mass is 10.1. The molecular formula is C12H13ClNO. The van der Waals surface area contributed by atoms with Crippen molar-refractivity contribution >= 4 is 17.5 Å². The van der Waals surface area contributed by atoms with E-state index in [4.69, 9.17) is 11.6 Å². The number of likely N-dealkylation sites (tertiary alicyclic amines) is 1. The SMILES string of the molecule is O=C(c1[c]ccc(Cl)c1)N1CCCCC1. The summed E-state index contributed by atoms with van der Waals surface area (Å²) >= 11 is 5.84. The van der Waals surface area contributed by atoms with Crippen molar-refractivity contribution in [1.82, 2.24) is 4.90 Å². The van der Waals surface area contributed by atoms with E-state index in [0.717, 1.165) is 25.9 Å². The Morgan fingerprint density at radius 1 is 1.33 bits per heavy atom. The second-order valence-corrected chi connectivity index (χ2v) is 4.21. The van der Waals surface area contributed by atoms with Crippen molar-refractivity contribution in [2.75, 3.05) is 13.1 Å². The Balaban J connectivity index is 2.12. The van der Waals surface area contributed by atoms with Gasteiger partial charge in [0.25, 0.3) is 5.91 Å². The molecule has 1 aliphatic rings. The van der Waals surface area contributed by atoms with Crippen LogP contribution in [-0.2, 0) is 0 Å². The van der Waals surface area contributed by atoms with Gasteiger partial charge in [0.1, 0.15) is 0 Å². The zero-order chi connectivity index (χ0) is 10.7. The standard InChI is InChI=1S/C12H13ClNO/c13-11-6-4-5-10(9-11)12(15)14-7-2-1-3-8-14/h4,6,9H,1-3,7-8H2. The number of hydrogen-bond donors (Lipinski definition) is 0. The normalized spacial score (nSPS) is 16.5. The molecule has 1 aliphatic heterocycles. The quantitative estimate of drug-likeness (QED) is 0.716. The summed E-state index contributed by atoms with van der Waals surface area (Å²) in [5.74, 6) is 0.0530. The fourth-order valence-corrected chi connectivity index (χ4v) is 2.00. The van der Waals surface area contributed by atoms with Crippen molar-refractivity contribution in [3.8, 4) is 0 Å². The molecule has 1 aromatic carbocycles. The van der Waals surface area contributed by atoms with E-state index in [0.29, 0.717) is 10.6 Å². The Labute approximate surface area is 94.8 Å². The lowest BCUT2D eigenvalue weighted by Crippen LogP contribution is -2.35. The molecule has 0 aromatic heterocycles. The number of nitrogens with zero attached hydrogens (tertiary/aromatic N) is 1. The predicted molar refractivity (Wildman–Crippen MR) is 60.0 cm³/mol. The van der Waals surface area contributed by atoms with Crippen LogP contribution < -0.4 is 0 Å². The van der Waals surface area contributed by atoms with Crippen LogP contribution in [0.15, 0.2) is 18.2 Å². The number of halogens is 1. The minimum Gasteiger partial charge on any atom is -0.339 e. The zero-order valence-corrected chi connectivity index (χ0v) is 9.26. The maximum absolute atomic E-state index is 12.0. The molecule has 0 bridgehead atoms. The Hall–Kier alpha value is -1.02. The number of rotatable bonds is 1. The van der Waals surface area contributed by atoms with Crippen molar-refractivity contribution in [3.05, 3.63) is 34.9 Å². The fourth-order valence-electron chi connectivity index (χ4n) is 1.83. The van der Waals surface area contributed by atoms with E-state index in [1.807, 2.05) is 4.90 Å². The van der Waals surface area contributed by atoms with Gasteiger partial charge in [0.15, 0.2) is 0 Å². The molecule has 1 radical (unpaired) electrons. The third kappa shape index (κ3) is 2.51. The summed E-state index contributed by atoms with van der Waals surface area (Å²) in [4.78, 5) is 13.9.